The van der Waals surface area contributed by atoms with Gasteiger partial charge in [0, 0.05) is 13.0 Å². The zero-order chi connectivity index (χ0) is 20.1. The van der Waals surface area contributed by atoms with E-state index in [4.69, 9.17) is 4.42 Å². The second-order valence-corrected chi connectivity index (χ2v) is 7.38. The van der Waals surface area contributed by atoms with Crippen molar-refractivity contribution >= 4 is 5.91 Å². The van der Waals surface area contributed by atoms with Crippen LogP contribution < -0.4 is 4.90 Å². The third-order valence-corrected chi connectivity index (χ3v) is 5.65. The van der Waals surface area contributed by atoms with Gasteiger partial charge in [-0.3, -0.25) is 4.79 Å². The van der Waals surface area contributed by atoms with E-state index >= 15 is 0 Å². The summed E-state index contributed by atoms with van der Waals surface area (Å²) in [5.74, 6) is 1.31. The SMILES string of the molecule is CC[C@@H](c1nnnn1CCc1ccccc1)[NH+]1CCN(C(=O)c2ccco2)CC1. The lowest BCUT2D eigenvalue weighted by molar-refractivity contribution is -0.936. The first-order chi connectivity index (χ1) is 14.3. The van der Waals surface area contributed by atoms with Gasteiger partial charge >= 0.3 is 0 Å². The summed E-state index contributed by atoms with van der Waals surface area (Å²) in [7, 11) is 0. The summed E-state index contributed by atoms with van der Waals surface area (Å²) < 4.78 is 7.19. The maximum atomic E-state index is 12.5. The predicted octanol–water partition coefficient (Wildman–Crippen LogP) is 1.00. The van der Waals surface area contributed by atoms with Crippen molar-refractivity contribution < 1.29 is 14.1 Å². The van der Waals surface area contributed by atoms with Crippen LogP contribution >= 0.6 is 0 Å². The van der Waals surface area contributed by atoms with Crippen LogP contribution in [0.15, 0.2) is 53.1 Å². The van der Waals surface area contributed by atoms with Crippen molar-refractivity contribution in [1.82, 2.24) is 25.1 Å². The minimum absolute atomic E-state index is 0.0326. The molecule has 0 spiro atoms. The van der Waals surface area contributed by atoms with Crippen molar-refractivity contribution in [2.75, 3.05) is 26.2 Å². The van der Waals surface area contributed by atoms with E-state index in [1.165, 1.54) is 16.7 Å². The Balaban J connectivity index is 1.39. The fraction of sp³-hybridized carbons (Fsp3) is 0.429. The minimum atomic E-state index is -0.0326. The second-order valence-electron chi connectivity index (χ2n) is 7.38. The summed E-state index contributed by atoms with van der Waals surface area (Å²) in [4.78, 5) is 15.8. The second kappa shape index (κ2) is 9.00. The molecule has 29 heavy (non-hydrogen) atoms. The van der Waals surface area contributed by atoms with E-state index in [0.717, 1.165) is 38.3 Å². The van der Waals surface area contributed by atoms with Gasteiger partial charge in [-0.15, -0.1) is 5.10 Å². The molecular formula is C21H27N6O2+. The molecular weight excluding hydrogens is 368 g/mol. The first-order valence-electron chi connectivity index (χ1n) is 10.2. The van der Waals surface area contributed by atoms with Crippen LogP contribution in [0.3, 0.4) is 0 Å². The number of hydrogen-bond acceptors (Lipinski definition) is 5. The van der Waals surface area contributed by atoms with Gasteiger partial charge in [0.2, 0.25) is 5.82 Å². The van der Waals surface area contributed by atoms with Crippen LogP contribution in [-0.2, 0) is 13.0 Å². The van der Waals surface area contributed by atoms with Crippen LogP contribution in [0, 0.1) is 0 Å². The van der Waals surface area contributed by atoms with E-state index in [0.29, 0.717) is 18.8 Å². The van der Waals surface area contributed by atoms with Crippen LogP contribution in [0.2, 0.25) is 0 Å². The van der Waals surface area contributed by atoms with Gasteiger partial charge in [-0.05, 0) is 34.5 Å². The highest BCUT2D eigenvalue weighted by Gasteiger charge is 2.33. The molecule has 1 amide bonds. The number of hydrogen-bond donors (Lipinski definition) is 1. The predicted molar refractivity (Wildman–Crippen MR) is 106 cm³/mol. The molecule has 1 aliphatic rings. The van der Waals surface area contributed by atoms with E-state index in [9.17, 15) is 4.79 Å². The number of aromatic nitrogens is 4. The molecule has 1 saturated heterocycles. The lowest BCUT2D eigenvalue weighted by atomic mass is 10.1. The molecule has 8 nitrogen and oxygen atoms in total. The molecule has 2 aromatic heterocycles. The van der Waals surface area contributed by atoms with Crippen molar-refractivity contribution in [2.45, 2.75) is 32.4 Å². The Hall–Kier alpha value is -3.00. The summed E-state index contributed by atoms with van der Waals surface area (Å²) in [5.41, 5.74) is 1.28. The smallest absolute Gasteiger partial charge is 0.289 e. The number of carbonyl (C=O) groups excluding carboxylic acids is 1. The fourth-order valence-electron chi connectivity index (χ4n) is 4.06. The Morgan fingerprint density at radius 1 is 1.17 bits per heavy atom. The summed E-state index contributed by atoms with van der Waals surface area (Å²) in [6.07, 6.45) is 3.39. The number of aryl methyl sites for hydroxylation is 2. The normalized spacial score (nSPS) is 16.1. The van der Waals surface area contributed by atoms with Crippen molar-refractivity contribution in [3.63, 3.8) is 0 Å². The molecule has 8 heteroatoms. The average molecular weight is 395 g/mol. The van der Waals surface area contributed by atoms with Crippen molar-refractivity contribution in [3.05, 3.63) is 65.9 Å². The molecule has 0 radical (unpaired) electrons. The van der Waals surface area contributed by atoms with Crippen LogP contribution in [0.25, 0.3) is 0 Å². The van der Waals surface area contributed by atoms with Crippen molar-refractivity contribution in [3.8, 4) is 0 Å². The van der Waals surface area contributed by atoms with Gasteiger partial charge in [0.25, 0.3) is 5.91 Å². The molecule has 0 aliphatic carbocycles. The zero-order valence-corrected chi connectivity index (χ0v) is 16.7. The zero-order valence-electron chi connectivity index (χ0n) is 16.7. The third-order valence-electron chi connectivity index (χ3n) is 5.65. The van der Waals surface area contributed by atoms with E-state index in [1.807, 2.05) is 15.6 Å². The first-order valence-corrected chi connectivity index (χ1v) is 10.2. The largest absolute Gasteiger partial charge is 0.459 e. The Bertz CT molecular complexity index is 900. The van der Waals surface area contributed by atoms with Gasteiger partial charge in [-0.25, -0.2) is 4.68 Å². The van der Waals surface area contributed by atoms with E-state index < -0.39 is 0 Å². The molecule has 152 valence electrons. The number of tetrazole rings is 1. The number of rotatable bonds is 7. The number of piperazine rings is 1. The lowest BCUT2D eigenvalue weighted by Gasteiger charge is -2.35. The Kier molecular flexibility index (Phi) is 6.00. The molecule has 1 aromatic carbocycles. The van der Waals surface area contributed by atoms with E-state index in [1.54, 1.807) is 12.1 Å². The highest BCUT2D eigenvalue weighted by atomic mass is 16.3. The van der Waals surface area contributed by atoms with Gasteiger partial charge in [0.15, 0.2) is 5.76 Å². The molecule has 0 unspecified atom stereocenters. The van der Waals surface area contributed by atoms with Gasteiger partial charge in [0.05, 0.1) is 32.4 Å². The van der Waals surface area contributed by atoms with Crippen LogP contribution in [-0.4, -0.2) is 57.2 Å². The number of nitrogens with one attached hydrogen (secondary N) is 1. The highest BCUT2D eigenvalue weighted by Crippen LogP contribution is 2.12. The molecule has 1 fully saturated rings. The molecule has 1 N–H and O–H groups in total. The Labute approximate surface area is 170 Å². The molecule has 4 rings (SSSR count). The van der Waals surface area contributed by atoms with Gasteiger partial charge in [-0.2, -0.15) is 0 Å². The summed E-state index contributed by atoms with van der Waals surface area (Å²) in [5, 5.41) is 12.5. The summed E-state index contributed by atoms with van der Waals surface area (Å²) >= 11 is 0. The monoisotopic (exact) mass is 395 g/mol. The fourth-order valence-corrected chi connectivity index (χ4v) is 4.06. The van der Waals surface area contributed by atoms with Crippen molar-refractivity contribution in [2.24, 2.45) is 0 Å². The standard InChI is InChI=1S/C21H26N6O2/c1-2-18(20-22-23-24-27(20)11-10-17-7-4-3-5-8-17)25-12-14-26(15-13-25)21(28)19-9-6-16-29-19/h3-9,16,18H,2,10-15H2,1H3/p+1/t18-/m0/s1. The lowest BCUT2D eigenvalue weighted by Crippen LogP contribution is -3.15. The number of carbonyl (C=O) groups is 1. The molecule has 3 heterocycles. The molecule has 0 saturated carbocycles. The number of amides is 1. The first kappa shape index (κ1) is 19.3. The molecule has 1 atom stereocenters. The van der Waals surface area contributed by atoms with Crippen LogP contribution in [0.5, 0.6) is 0 Å². The third kappa shape index (κ3) is 4.37. The van der Waals surface area contributed by atoms with Gasteiger partial charge < -0.3 is 14.2 Å². The average Bonchev–Trinajstić information content (AvgIpc) is 3.46. The number of nitrogens with zero attached hydrogens (tertiary/aromatic N) is 5. The van der Waals surface area contributed by atoms with E-state index in [-0.39, 0.29) is 11.9 Å². The minimum Gasteiger partial charge on any atom is -0.459 e. The molecule has 0 bridgehead atoms. The van der Waals surface area contributed by atoms with Gasteiger partial charge in [-0.1, -0.05) is 37.3 Å². The highest BCUT2D eigenvalue weighted by molar-refractivity contribution is 5.91. The number of furan rings is 1. The maximum Gasteiger partial charge on any atom is 0.289 e. The molecule has 3 aromatic rings. The maximum absolute atomic E-state index is 12.5. The summed E-state index contributed by atoms with van der Waals surface area (Å²) in [6.45, 7) is 6.09. The van der Waals surface area contributed by atoms with Crippen LogP contribution in [0.4, 0.5) is 0 Å². The molecule has 1 aliphatic heterocycles. The number of quaternary nitrogens is 1. The summed E-state index contributed by atoms with van der Waals surface area (Å²) in [6, 6.07) is 14.1. The quantitative estimate of drug-likeness (QED) is 0.646. The number of benzene rings is 1. The topological polar surface area (TPSA) is 81.5 Å². The van der Waals surface area contributed by atoms with E-state index in [2.05, 4.69) is 46.7 Å². The van der Waals surface area contributed by atoms with Gasteiger partial charge in [0.1, 0.15) is 6.04 Å². The van der Waals surface area contributed by atoms with Crippen LogP contribution in [0.1, 0.15) is 41.3 Å². The Morgan fingerprint density at radius 2 is 1.97 bits per heavy atom. The van der Waals surface area contributed by atoms with Crippen molar-refractivity contribution in [1.29, 1.82) is 0 Å². The Morgan fingerprint density at radius 3 is 2.66 bits per heavy atom.